The van der Waals surface area contributed by atoms with Crippen LogP contribution in [0.2, 0.25) is 5.15 Å². The molecule has 9 heteroatoms. The number of anilines is 1. The number of hydrogen-bond donors (Lipinski definition) is 1. The summed E-state index contributed by atoms with van der Waals surface area (Å²) in [6.45, 7) is 9.67. The number of carbonyl (C=O) groups is 2. The van der Waals surface area contributed by atoms with Crippen LogP contribution in [0.4, 0.5) is 15.5 Å². The van der Waals surface area contributed by atoms with E-state index in [1.54, 1.807) is 6.92 Å². The number of rotatable bonds is 7. The second-order valence-corrected chi connectivity index (χ2v) is 7.25. The molecule has 0 fully saturated rings. The molecule has 0 saturated heterocycles. The van der Waals surface area contributed by atoms with Crippen LogP contribution in [0, 0.1) is 13.8 Å². The van der Waals surface area contributed by atoms with Crippen molar-refractivity contribution in [3.05, 3.63) is 34.5 Å². The smallest absolute Gasteiger partial charge is 0.490 e. The topological polar surface area (TPSA) is 99.6 Å². The van der Waals surface area contributed by atoms with Gasteiger partial charge in [0, 0.05) is 11.1 Å². The van der Waals surface area contributed by atoms with E-state index in [9.17, 15) is 9.59 Å². The minimum Gasteiger partial charge on any atom is -0.490 e. The van der Waals surface area contributed by atoms with Crippen LogP contribution in [-0.2, 0) is 9.47 Å². The molecule has 0 radical (unpaired) electrons. The summed E-state index contributed by atoms with van der Waals surface area (Å²) in [6, 6.07) is 5.65. The van der Waals surface area contributed by atoms with E-state index in [2.05, 4.69) is 20.0 Å². The zero-order valence-electron chi connectivity index (χ0n) is 17.7. The third-order valence-corrected chi connectivity index (χ3v) is 4.40. The van der Waals surface area contributed by atoms with Gasteiger partial charge in [0.15, 0.2) is 0 Å². The predicted molar refractivity (Wildman–Crippen MR) is 114 cm³/mol. The Morgan fingerprint density at radius 3 is 2.60 bits per heavy atom. The number of hydrogen-bond acceptors (Lipinski definition) is 7. The number of carbonyl (C=O) groups excluding carboxylic acids is 2. The fourth-order valence-corrected chi connectivity index (χ4v) is 2.78. The summed E-state index contributed by atoms with van der Waals surface area (Å²) in [5.41, 5.74) is 2.78. The maximum absolute atomic E-state index is 12.0. The molecule has 162 valence electrons. The fraction of sp³-hybridized carbons (Fsp3) is 0.429. The van der Waals surface area contributed by atoms with Crippen LogP contribution in [-0.4, -0.2) is 34.9 Å². The first-order valence-electron chi connectivity index (χ1n) is 9.69. The number of aryl methyl sites for hydroxylation is 1. The van der Waals surface area contributed by atoms with Crippen molar-refractivity contribution >= 4 is 29.8 Å². The van der Waals surface area contributed by atoms with Gasteiger partial charge in [-0.3, -0.25) is 5.32 Å². The lowest BCUT2D eigenvalue weighted by atomic mass is 10.0. The highest BCUT2D eigenvalue weighted by atomic mass is 35.5. The summed E-state index contributed by atoms with van der Waals surface area (Å²) in [5.74, 6) is 0.529. The highest BCUT2D eigenvalue weighted by Gasteiger charge is 2.20. The Labute approximate surface area is 180 Å². The van der Waals surface area contributed by atoms with Crippen LogP contribution in [0.1, 0.15) is 44.7 Å². The molecule has 0 bridgehead atoms. The number of nitrogens with zero attached hydrogens (tertiary/aromatic N) is 2. The minimum absolute atomic E-state index is 0.0468. The summed E-state index contributed by atoms with van der Waals surface area (Å²) in [6.07, 6.45) is -0.681. The highest BCUT2D eigenvalue weighted by Crippen LogP contribution is 2.36. The number of nitrogens with one attached hydrogen (secondary N) is 1. The molecule has 2 aromatic rings. The Kier molecular flexibility index (Phi) is 8.41. The first-order valence-corrected chi connectivity index (χ1v) is 10.1. The van der Waals surface area contributed by atoms with E-state index in [1.165, 1.54) is 0 Å². The van der Waals surface area contributed by atoms with Gasteiger partial charge in [0.1, 0.15) is 10.9 Å². The lowest BCUT2D eigenvalue weighted by Crippen LogP contribution is -2.21. The van der Waals surface area contributed by atoms with Crippen LogP contribution in [0.5, 0.6) is 5.75 Å². The summed E-state index contributed by atoms with van der Waals surface area (Å²) in [5, 5.41) is 2.46. The van der Waals surface area contributed by atoms with Crippen LogP contribution >= 0.6 is 11.6 Å². The van der Waals surface area contributed by atoms with Gasteiger partial charge in [0.2, 0.25) is 5.95 Å². The summed E-state index contributed by atoms with van der Waals surface area (Å²) < 4.78 is 15.3. The average Bonchev–Trinajstić information content (AvgIpc) is 2.65. The number of aromatic nitrogens is 2. The molecule has 30 heavy (non-hydrogen) atoms. The van der Waals surface area contributed by atoms with Crippen molar-refractivity contribution in [1.29, 1.82) is 0 Å². The van der Waals surface area contributed by atoms with E-state index < -0.39 is 12.2 Å². The standard InChI is InChI=1S/C21H26ClN3O5/c1-6-7-11-28-21(27)30-20(26)25-19-23-17(14(5)18(22)24-19)16-13(4)9-8-10-15(16)29-12(2)3/h8-10,12H,6-7,11H2,1-5H3,(H,23,24,25,26). The van der Waals surface area contributed by atoms with E-state index in [0.29, 0.717) is 23.4 Å². The molecule has 1 amide bonds. The molecule has 0 spiro atoms. The molecule has 0 aliphatic rings. The molecule has 0 atom stereocenters. The normalized spacial score (nSPS) is 10.6. The average molecular weight is 436 g/mol. The SMILES string of the molecule is CCCCOC(=O)OC(=O)Nc1nc(Cl)c(C)c(-c2c(C)cccc2OC(C)C)n1. The summed E-state index contributed by atoms with van der Waals surface area (Å²) in [4.78, 5) is 32.0. The van der Waals surface area contributed by atoms with Gasteiger partial charge in [-0.1, -0.05) is 37.1 Å². The molecule has 8 nitrogen and oxygen atoms in total. The van der Waals surface area contributed by atoms with E-state index in [1.807, 2.05) is 45.9 Å². The Morgan fingerprint density at radius 1 is 1.20 bits per heavy atom. The van der Waals surface area contributed by atoms with Gasteiger partial charge in [-0.2, -0.15) is 0 Å². The summed E-state index contributed by atoms with van der Waals surface area (Å²) >= 11 is 6.28. The van der Waals surface area contributed by atoms with Crippen LogP contribution in [0.3, 0.4) is 0 Å². The largest absolute Gasteiger partial charge is 0.517 e. The molecule has 0 aliphatic carbocycles. The molecular formula is C21H26ClN3O5. The van der Waals surface area contributed by atoms with Crippen molar-refractivity contribution < 1.29 is 23.8 Å². The second kappa shape index (κ2) is 10.8. The zero-order valence-corrected chi connectivity index (χ0v) is 18.5. The quantitative estimate of drug-likeness (QED) is 0.258. The van der Waals surface area contributed by atoms with Gasteiger partial charge < -0.3 is 14.2 Å². The molecule has 0 unspecified atom stereocenters. The number of unbranched alkanes of at least 4 members (excludes halogenated alkanes) is 1. The van der Waals surface area contributed by atoms with Gasteiger partial charge in [-0.25, -0.2) is 19.6 Å². The first-order chi connectivity index (χ1) is 14.2. The van der Waals surface area contributed by atoms with E-state index in [4.69, 9.17) is 21.1 Å². The number of amides is 1. The van der Waals surface area contributed by atoms with Crippen molar-refractivity contribution in [2.45, 2.75) is 53.6 Å². The van der Waals surface area contributed by atoms with Crippen molar-refractivity contribution in [2.75, 3.05) is 11.9 Å². The van der Waals surface area contributed by atoms with E-state index >= 15 is 0 Å². The fourth-order valence-electron chi connectivity index (χ4n) is 2.61. The molecule has 0 aliphatic heterocycles. The van der Waals surface area contributed by atoms with Crippen LogP contribution < -0.4 is 10.1 Å². The van der Waals surface area contributed by atoms with Gasteiger partial charge in [0.05, 0.1) is 18.4 Å². The van der Waals surface area contributed by atoms with Crippen molar-refractivity contribution in [2.24, 2.45) is 0 Å². The third kappa shape index (κ3) is 6.32. The van der Waals surface area contributed by atoms with Crippen molar-refractivity contribution in [3.8, 4) is 17.0 Å². The van der Waals surface area contributed by atoms with Crippen molar-refractivity contribution in [3.63, 3.8) is 0 Å². The number of ether oxygens (including phenoxy) is 3. The maximum Gasteiger partial charge on any atom is 0.517 e. The summed E-state index contributed by atoms with van der Waals surface area (Å²) in [7, 11) is 0. The Hall–Kier alpha value is -2.87. The minimum atomic E-state index is -1.09. The van der Waals surface area contributed by atoms with Gasteiger partial charge in [0.25, 0.3) is 0 Å². The van der Waals surface area contributed by atoms with Crippen LogP contribution in [0.25, 0.3) is 11.3 Å². The van der Waals surface area contributed by atoms with Crippen molar-refractivity contribution in [1.82, 2.24) is 9.97 Å². The predicted octanol–water partition coefficient (Wildman–Crippen LogP) is 5.69. The number of halogens is 1. The highest BCUT2D eigenvalue weighted by molar-refractivity contribution is 6.30. The Bertz CT molecular complexity index is 918. The van der Waals surface area contributed by atoms with Gasteiger partial charge in [-0.15, -0.1) is 0 Å². The van der Waals surface area contributed by atoms with E-state index in [-0.39, 0.29) is 23.8 Å². The molecule has 1 aromatic heterocycles. The monoisotopic (exact) mass is 435 g/mol. The zero-order chi connectivity index (χ0) is 22.3. The Morgan fingerprint density at radius 2 is 1.93 bits per heavy atom. The van der Waals surface area contributed by atoms with Crippen LogP contribution in [0.15, 0.2) is 18.2 Å². The first kappa shape index (κ1) is 23.4. The lowest BCUT2D eigenvalue weighted by molar-refractivity contribution is 0.0786. The van der Waals surface area contributed by atoms with Gasteiger partial charge in [-0.05, 0) is 45.7 Å². The molecular weight excluding hydrogens is 410 g/mol. The second-order valence-electron chi connectivity index (χ2n) is 6.89. The third-order valence-electron chi connectivity index (χ3n) is 4.03. The van der Waals surface area contributed by atoms with Gasteiger partial charge >= 0.3 is 12.2 Å². The number of benzene rings is 1. The molecule has 2 rings (SSSR count). The molecule has 1 aromatic carbocycles. The molecule has 1 N–H and O–H groups in total. The molecule has 0 saturated carbocycles. The van der Waals surface area contributed by atoms with E-state index in [0.717, 1.165) is 17.5 Å². The molecule has 1 heterocycles. The Balaban J connectivity index is 2.29. The maximum atomic E-state index is 12.0. The lowest BCUT2D eigenvalue weighted by Gasteiger charge is -2.18.